The van der Waals surface area contributed by atoms with Gasteiger partial charge in [0.15, 0.2) is 0 Å². The zero-order valence-corrected chi connectivity index (χ0v) is 12.5. The molecule has 0 aromatic carbocycles. The predicted molar refractivity (Wildman–Crippen MR) is 73.7 cm³/mol. The highest BCUT2D eigenvalue weighted by Gasteiger charge is 2.46. The van der Waals surface area contributed by atoms with Gasteiger partial charge >= 0.3 is 6.18 Å². The van der Waals surface area contributed by atoms with Crippen molar-refractivity contribution in [2.75, 3.05) is 19.8 Å². The number of ether oxygens (including phenoxy) is 1. The minimum Gasteiger partial charge on any atom is -0.381 e. The van der Waals surface area contributed by atoms with Gasteiger partial charge in [-0.1, -0.05) is 13.3 Å². The van der Waals surface area contributed by atoms with Gasteiger partial charge in [0.25, 0.3) is 0 Å². The van der Waals surface area contributed by atoms with Crippen LogP contribution in [-0.4, -0.2) is 37.4 Å². The number of primary amides is 1. The maximum atomic E-state index is 12.0. The molecule has 0 radical (unpaired) electrons. The van der Waals surface area contributed by atoms with E-state index in [1.54, 1.807) is 0 Å². The Morgan fingerprint density at radius 2 is 2.14 bits per heavy atom. The second kappa shape index (κ2) is 7.98. The maximum absolute atomic E-state index is 12.0. The van der Waals surface area contributed by atoms with Crippen LogP contribution in [-0.2, 0) is 9.53 Å². The normalized spacial score (nSPS) is 26.2. The van der Waals surface area contributed by atoms with Crippen molar-refractivity contribution in [1.29, 1.82) is 0 Å². The first kappa shape index (κ1) is 18.2. The Labute approximate surface area is 123 Å². The largest absolute Gasteiger partial charge is 0.391 e. The molecule has 4 nitrogen and oxygen atoms in total. The zero-order chi connectivity index (χ0) is 15.9. The first-order valence-corrected chi connectivity index (χ1v) is 7.51. The molecule has 124 valence electrons. The van der Waals surface area contributed by atoms with E-state index >= 15 is 0 Å². The Morgan fingerprint density at radius 3 is 2.71 bits per heavy atom. The van der Waals surface area contributed by atoms with Crippen LogP contribution in [0.2, 0.25) is 0 Å². The first-order valence-electron chi connectivity index (χ1n) is 7.51. The maximum Gasteiger partial charge on any atom is 0.391 e. The number of amides is 1. The number of halogens is 3. The van der Waals surface area contributed by atoms with Crippen LogP contribution < -0.4 is 11.1 Å². The third-order valence-corrected chi connectivity index (χ3v) is 4.09. The standard InChI is InChI=1S/C14H25F3N2O2/c1-2-8-19-13(12(18)20)6-3-4-11(13)5-9-21-10-7-14(15,16)17/h11,19H,2-10H2,1H3,(H2,18,20). The lowest BCUT2D eigenvalue weighted by Gasteiger charge is -2.33. The number of nitrogens with two attached hydrogens (primary N) is 1. The lowest BCUT2D eigenvalue weighted by Crippen LogP contribution is -2.58. The summed E-state index contributed by atoms with van der Waals surface area (Å²) >= 11 is 0. The molecule has 1 amide bonds. The van der Waals surface area contributed by atoms with Gasteiger partial charge in [0.2, 0.25) is 5.91 Å². The van der Waals surface area contributed by atoms with Crippen LogP contribution in [0.1, 0.15) is 45.4 Å². The molecule has 0 bridgehead atoms. The Hall–Kier alpha value is -0.820. The van der Waals surface area contributed by atoms with Crippen LogP contribution in [0.15, 0.2) is 0 Å². The van der Waals surface area contributed by atoms with E-state index in [0.717, 1.165) is 19.3 Å². The topological polar surface area (TPSA) is 64.3 Å². The van der Waals surface area contributed by atoms with E-state index < -0.39 is 18.1 Å². The molecule has 1 rings (SSSR count). The van der Waals surface area contributed by atoms with Crippen molar-refractivity contribution in [3.63, 3.8) is 0 Å². The summed E-state index contributed by atoms with van der Waals surface area (Å²) in [5.74, 6) is -0.332. The van der Waals surface area contributed by atoms with Crippen molar-refractivity contribution in [2.24, 2.45) is 11.7 Å². The van der Waals surface area contributed by atoms with Crippen LogP contribution in [0.5, 0.6) is 0 Å². The number of carbonyl (C=O) groups excluding carboxylic acids is 1. The van der Waals surface area contributed by atoms with Gasteiger partial charge in [-0.25, -0.2) is 0 Å². The predicted octanol–water partition coefficient (Wildman–Crippen LogP) is 2.37. The van der Waals surface area contributed by atoms with Gasteiger partial charge in [0.1, 0.15) is 5.54 Å². The van der Waals surface area contributed by atoms with Gasteiger partial charge in [-0.15, -0.1) is 0 Å². The lowest BCUT2D eigenvalue weighted by molar-refractivity contribution is -0.145. The van der Waals surface area contributed by atoms with E-state index in [4.69, 9.17) is 10.5 Å². The monoisotopic (exact) mass is 310 g/mol. The molecule has 2 unspecified atom stereocenters. The molecule has 0 aromatic rings. The van der Waals surface area contributed by atoms with Crippen molar-refractivity contribution in [3.8, 4) is 0 Å². The van der Waals surface area contributed by atoms with Crippen LogP contribution in [0.4, 0.5) is 13.2 Å². The fraction of sp³-hybridized carbons (Fsp3) is 0.929. The van der Waals surface area contributed by atoms with E-state index in [-0.39, 0.29) is 25.0 Å². The number of alkyl halides is 3. The SMILES string of the molecule is CCCNC1(C(N)=O)CCCC1CCOCCC(F)(F)F. The number of carbonyl (C=O) groups is 1. The smallest absolute Gasteiger partial charge is 0.381 e. The Morgan fingerprint density at radius 1 is 1.43 bits per heavy atom. The first-order chi connectivity index (χ1) is 9.82. The fourth-order valence-corrected chi connectivity index (χ4v) is 2.98. The molecule has 1 fully saturated rings. The third kappa shape index (κ3) is 5.47. The average Bonchev–Trinajstić information content (AvgIpc) is 2.79. The van der Waals surface area contributed by atoms with Gasteiger partial charge < -0.3 is 15.8 Å². The Balaban J connectivity index is 2.43. The van der Waals surface area contributed by atoms with Crippen molar-refractivity contribution >= 4 is 5.91 Å². The molecule has 0 heterocycles. The van der Waals surface area contributed by atoms with Gasteiger partial charge in [-0.2, -0.15) is 13.2 Å². The van der Waals surface area contributed by atoms with Crippen molar-refractivity contribution in [1.82, 2.24) is 5.32 Å². The molecule has 2 atom stereocenters. The third-order valence-electron chi connectivity index (χ3n) is 4.09. The molecular weight excluding hydrogens is 285 g/mol. The molecular formula is C14H25F3N2O2. The molecule has 1 aliphatic rings. The Bertz CT molecular complexity index is 337. The van der Waals surface area contributed by atoms with Gasteiger partial charge in [0.05, 0.1) is 13.0 Å². The second-order valence-corrected chi connectivity index (χ2v) is 5.62. The summed E-state index contributed by atoms with van der Waals surface area (Å²) in [5, 5.41) is 3.25. The summed E-state index contributed by atoms with van der Waals surface area (Å²) in [5.41, 5.74) is 4.84. The summed E-state index contributed by atoms with van der Waals surface area (Å²) < 4.78 is 41.1. The number of hydrogen-bond acceptors (Lipinski definition) is 3. The molecule has 0 saturated heterocycles. The Kier molecular flexibility index (Phi) is 6.93. The number of rotatable bonds is 9. The molecule has 1 aliphatic carbocycles. The molecule has 3 N–H and O–H groups in total. The summed E-state index contributed by atoms with van der Waals surface area (Å²) in [6.07, 6.45) is -1.24. The van der Waals surface area contributed by atoms with Crippen molar-refractivity contribution in [3.05, 3.63) is 0 Å². The van der Waals surface area contributed by atoms with E-state index in [9.17, 15) is 18.0 Å². The highest BCUT2D eigenvalue weighted by atomic mass is 19.4. The molecule has 1 saturated carbocycles. The summed E-state index contributed by atoms with van der Waals surface area (Å²) in [6.45, 7) is 2.60. The molecule has 21 heavy (non-hydrogen) atoms. The van der Waals surface area contributed by atoms with E-state index in [1.165, 1.54) is 0 Å². The molecule has 0 aliphatic heterocycles. The van der Waals surface area contributed by atoms with E-state index in [1.807, 2.05) is 6.92 Å². The molecule has 0 aromatic heterocycles. The van der Waals surface area contributed by atoms with Crippen LogP contribution in [0.3, 0.4) is 0 Å². The minimum absolute atomic E-state index is 0.0347. The quantitative estimate of drug-likeness (QED) is 0.643. The molecule has 0 spiro atoms. The van der Waals surface area contributed by atoms with E-state index in [2.05, 4.69) is 5.32 Å². The number of nitrogens with one attached hydrogen (secondary N) is 1. The zero-order valence-electron chi connectivity index (χ0n) is 12.5. The van der Waals surface area contributed by atoms with Crippen LogP contribution in [0.25, 0.3) is 0 Å². The summed E-state index contributed by atoms with van der Waals surface area (Å²) in [6, 6.07) is 0. The second-order valence-electron chi connectivity index (χ2n) is 5.62. The minimum atomic E-state index is -4.19. The molecule has 7 heteroatoms. The van der Waals surface area contributed by atoms with Crippen molar-refractivity contribution < 1.29 is 22.7 Å². The van der Waals surface area contributed by atoms with Crippen molar-refractivity contribution in [2.45, 2.75) is 57.2 Å². The fourth-order valence-electron chi connectivity index (χ4n) is 2.98. The van der Waals surface area contributed by atoms with Crippen LogP contribution >= 0.6 is 0 Å². The average molecular weight is 310 g/mol. The van der Waals surface area contributed by atoms with Gasteiger partial charge in [0, 0.05) is 6.61 Å². The van der Waals surface area contributed by atoms with E-state index in [0.29, 0.717) is 19.4 Å². The lowest BCUT2D eigenvalue weighted by atomic mass is 9.84. The number of hydrogen-bond donors (Lipinski definition) is 2. The van der Waals surface area contributed by atoms with Crippen LogP contribution in [0, 0.1) is 5.92 Å². The summed E-state index contributed by atoms with van der Waals surface area (Å²) in [4.78, 5) is 11.8. The van der Waals surface area contributed by atoms with Gasteiger partial charge in [-0.3, -0.25) is 4.79 Å². The highest BCUT2D eigenvalue weighted by molar-refractivity contribution is 5.85. The summed E-state index contributed by atoms with van der Waals surface area (Å²) in [7, 11) is 0. The highest BCUT2D eigenvalue weighted by Crippen LogP contribution is 2.38. The van der Waals surface area contributed by atoms with Gasteiger partial charge in [-0.05, 0) is 38.1 Å².